The van der Waals surface area contributed by atoms with Crippen LogP contribution in [0.4, 0.5) is 11.4 Å². The average Bonchev–Trinajstić information content (AvgIpc) is 3.33. The standard InChI is InChI=1S/C34H28IN3O6S/c1-43-28-17-8-21(19-29(28)44-2)18-27(37-32(40)22-6-4-3-5-7-22)33(41)36-24-11-15-26(16-12-24)45-30-20-31(39)38(34(30)42)25-13-9-23(35)10-14-25/h3-19,30H,20H2,1-2H3,(H,36,41)(H,37,40)/b27-18-. The van der Waals surface area contributed by atoms with E-state index in [-0.39, 0.29) is 23.9 Å². The highest BCUT2D eigenvalue weighted by atomic mass is 127. The van der Waals surface area contributed by atoms with Crippen LogP contribution in [-0.4, -0.2) is 43.1 Å². The fourth-order valence-electron chi connectivity index (χ4n) is 4.59. The van der Waals surface area contributed by atoms with Gasteiger partial charge < -0.3 is 20.1 Å². The molecule has 0 aromatic heterocycles. The van der Waals surface area contributed by atoms with Crippen molar-refractivity contribution in [2.45, 2.75) is 16.6 Å². The van der Waals surface area contributed by atoms with E-state index < -0.39 is 17.1 Å². The van der Waals surface area contributed by atoms with Gasteiger partial charge in [-0.1, -0.05) is 24.3 Å². The maximum absolute atomic E-state index is 13.5. The lowest BCUT2D eigenvalue weighted by Gasteiger charge is -2.15. The van der Waals surface area contributed by atoms with Crippen LogP contribution in [0.1, 0.15) is 22.3 Å². The quantitative estimate of drug-likeness (QED) is 0.114. The maximum Gasteiger partial charge on any atom is 0.272 e. The number of nitrogens with zero attached hydrogens (tertiary/aromatic N) is 1. The number of nitrogens with one attached hydrogen (secondary N) is 2. The number of benzene rings is 4. The second-order valence-electron chi connectivity index (χ2n) is 9.83. The molecular formula is C34H28IN3O6S. The highest BCUT2D eigenvalue weighted by Gasteiger charge is 2.40. The first-order valence-corrected chi connectivity index (χ1v) is 15.7. The highest BCUT2D eigenvalue weighted by Crippen LogP contribution is 2.35. The Labute approximate surface area is 278 Å². The summed E-state index contributed by atoms with van der Waals surface area (Å²) in [6, 6.07) is 27.9. The van der Waals surface area contributed by atoms with E-state index in [1.807, 2.05) is 12.1 Å². The zero-order valence-corrected chi connectivity index (χ0v) is 27.3. The summed E-state index contributed by atoms with van der Waals surface area (Å²) in [5.41, 5.74) is 2.05. The summed E-state index contributed by atoms with van der Waals surface area (Å²) in [5, 5.41) is 4.99. The third-order valence-corrected chi connectivity index (χ3v) is 8.74. The molecule has 0 radical (unpaired) electrons. The lowest BCUT2D eigenvalue weighted by atomic mass is 10.1. The molecule has 1 atom stereocenters. The molecule has 11 heteroatoms. The van der Waals surface area contributed by atoms with Gasteiger partial charge in [-0.3, -0.25) is 19.2 Å². The summed E-state index contributed by atoms with van der Waals surface area (Å²) in [6.07, 6.45) is 1.64. The minimum absolute atomic E-state index is 0.0141. The second-order valence-corrected chi connectivity index (χ2v) is 12.3. The number of carbonyl (C=O) groups is 4. The number of amides is 4. The fraction of sp³-hybridized carbons (Fsp3) is 0.118. The van der Waals surface area contributed by atoms with E-state index in [0.29, 0.717) is 34.0 Å². The molecular weight excluding hydrogens is 705 g/mol. The largest absolute Gasteiger partial charge is 0.493 e. The third-order valence-electron chi connectivity index (χ3n) is 6.83. The molecule has 4 amide bonds. The normalized spacial score (nSPS) is 14.7. The number of methoxy groups -OCH3 is 2. The Morgan fingerprint density at radius 3 is 2.24 bits per heavy atom. The van der Waals surface area contributed by atoms with Crippen LogP contribution < -0.4 is 25.0 Å². The Balaban J connectivity index is 1.30. The molecule has 0 aliphatic carbocycles. The van der Waals surface area contributed by atoms with Gasteiger partial charge in [-0.2, -0.15) is 0 Å². The van der Waals surface area contributed by atoms with Gasteiger partial charge in [-0.25, -0.2) is 4.90 Å². The molecule has 2 N–H and O–H groups in total. The number of halogens is 1. The van der Waals surface area contributed by atoms with Crippen molar-refractivity contribution in [2.75, 3.05) is 24.4 Å². The van der Waals surface area contributed by atoms with E-state index in [0.717, 1.165) is 8.47 Å². The molecule has 0 bridgehead atoms. The fourth-order valence-corrected chi connectivity index (χ4v) is 6.00. The molecule has 0 saturated carbocycles. The van der Waals surface area contributed by atoms with E-state index in [1.165, 1.54) is 30.9 Å². The Kier molecular flexibility index (Phi) is 10.2. The van der Waals surface area contributed by atoms with Crippen molar-refractivity contribution in [1.82, 2.24) is 5.32 Å². The summed E-state index contributed by atoms with van der Waals surface area (Å²) < 4.78 is 11.7. The molecule has 1 heterocycles. The van der Waals surface area contributed by atoms with Crippen molar-refractivity contribution < 1.29 is 28.7 Å². The predicted molar refractivity (Wildman–Crippen MR) is 182 cm³/mol. The van der Waals surface area contributed by atoms with Crippen LogP contribution in [0.3, 0.4) is 0 Å². The van der Waals surface area contributed by atoms with Crippen LogP contribution in [-0.2, 0) is 14.4 Å². The van der Waals surface area contributed by atoms with Gasteiger partial charge in [0.25, 0.3) is 11.8 Å². The monoisotopic (exact) mass is 733 g/mol. The molecule has 1 aliphatic rings. The van der Waals surface area contributed by atoms with Crippen LogP contribution in [0.15, 0.2) is 108 Å². The molecule has 1 aliphatic heterocycles. The van der Waals surface area contributed by atoms with Gasteiger partial charge in [0.15, 0.2) is 11.5 Å². The molecule has 4 aromatic rings. The molecule has 1 fully saturated rings. The highest BCUT2D eigenvalue weighted by molar-refractivity contribution is 14.1. The van der Waals surface area contributed by atoms with Gasteiger partial charge in [0, 0.05) is 26.1 Å². The summed E-state index contributed by atoms with van der Waals surface area (Å²) in [5.74, 6) is -0.495. The van der Waals surface area contributed by atoms with Gasteiger partial charge in [0.1, 0.15) is 5.70 Å². The van der Waals surface area contributed by atoms with Crippen molar-refractivity contribution >= 4 is 75.4 Å². The van der Waals surface area contributed by atoms with E-state index >= 15 is 0 Å². The van der Waals surface area contributed by atoms with Gasteiger partial charge in [-0.15, -0.1) is 11.8 Å². The minimum Gasteiger partial charge on any atom is -0.493 e. The van der Waals surface area contributed by atoms with Crippen molar-refractivity contribution in [2.24, 2.45) is 0 Å². The van der Waals surface area contributed by atoms with Gasteiger partial charge in [0.05, 0.1) is 25.2 Å². The van der Waals surface area contributed by atoms with Crippen molar-refractivity contribution in [3.05, 3.63) is 117 Å². The average molecular weight is 734 g/mol. The van der Waals surface area contributed by atoms with Gasteiger partial charge >= 0.3 is 0 Å². The molecule has 228 valence electrons. The van der Waals surface area contributed by atoms with E-state index in [9.17, 15) is 19.2 Å². The number of ether oxygens (including phenoxy) is 2. The molecule has 9 nitrogen and oxygen atoms in total. The smallest absolute Gasteiger partial charge is 0.272 e. The predicted octanol–water partition coefficient (Wildman–Crippen LogP) is 6.14. The zero-order valence-electron chi connectivity index (χ0n) is 24.3. The lowest BCUT2D eigenvalue weighted by Crippen LogP contribution is -2.31. The van der Waals surface area contributed by atoms with Crippen LogP contribution in [0, 0.1) is 3.57 Å². The second kappa shape index (κ2) is 14.4. The van der Waals surface area contributed by atoms with E-state index in [2.05, 4.69) is 33.2 Å². The zero-order chi connectivity index (χ0) is 31.9. The summed E-state index contributed by atoms with van der Waals surface area (Å²) in [4.78, 5) is 54.2. The lowest BCUT2D eigenvalue weighted by molar-refractivity contribution is -0.121. The number of anilines is 2. The Morgan fingerprint density at radius 1 is 0.889 bits per heavy atom. The summed E-state index contributed by atoms with van der Waals surface area (Å²) >= 11 is 3.47. The maximum atomic E-state index is 13.5. The van der Waals surface area contributed by atoms with Crippen molar-refractivity contribution in [3.8, 4) is 11.5 Å². The molecule has 4 aromatic carbocycles. The first-order chi connectivity index (χ1) is 21.7. The molecule has 1 saturated heterocycles. The molecule has 45 heavy (non-hydrogen) atoms. The third kappa shape index (κ3) is 7.73. The number of thioether (sulfide) groups is 1. The number of imide groups is 1. The van der Waals surface area contributed by atoms with Crippen LogP contribution in [0.25, 0.3) is 6.08 Å². The first kappa shape index (κ1) is 31.8. The van der Waals surface area contributed by atoms with Gasteiger partial charge in [0.2, 0.25) is 11.8 Å². The molecule has 5 rings (SSSR count). The van der Waals surface area contributed by atoms with Crippen LogP contribution in [0.5, 0.6) is 11.5 Å². The first-order valence-electron chi connectivity index (χ1n) is 13.8. The summed E-state index contributed by atoms with van der Waals surface area (Å²) in [7, 11) is 3.04. The topological polar surface area (TPSA) is 114 Å². The van der Waals surface area contributed by atoms with E-state index in [4.69, 9.17) is 9.47 Å². The van der Waals surface area contributed by atoms with Crippen molar-refractivity contribution in [3.63, 3.8) is 0 Å². The molecule has 0 spiro atoms. The number of hydrogen-bond donors (Lipinski definition) is 2. The Bertz CT molecular complexity index is 1760. The number of rotatable bonds is 10. The van der Waals surface area contributed by atoms with Crippen LogP contribution in [0.2, 0.25) is 0 Å². The Hall–Kier alpha value is -4.62. The van der Waals surface area contributed by atoms with Crippen molar-refractivity contribution in [1.29, 1.82) is 0 Å². The van der Waals surface area contributed by atoms with E-state index in [1.54, 1.807) is 91.0 Å². The number of hydrogen-bond acceptors (Lipinski definition) is 7. The summed E-state index contributed by atoms with van der Waals surface area (Å²) in [6.45, 7) is 0. The SMILES string of the molecule is COc1ccc(/C=C(\NC(=O)c2ccccc2)C(=O)Nc2ccc(SC3CC(=O)N(c4ccc(I)cc4)C3=O)cc2)cc1OC. The van der Waals surface area contributed by atoms with Crippen LogP contribution >= 0.6 is 34.4 Å². The number of carbonyl (C=O) groups excluding carboxylic acids is 4. The Morgan fingerprint density at radius 2 is 1.58 bits per heavy atom. The van der Waals surface area contributed by atoms with Gasteiger partial charge in [-0.05, 0) is 107 Å². The molecule has 1 unspecified atom stereocenters. The minimum atomic E-state index is -0.554.